The number of benzene rings is 2. The van der Waals surface area contributed by atoms with Crippen molar-refractivity contribution < 1.29 is 14.3 Å². The predicted molar refractivity (Wildman–Crippen MR) is 130 cm³/mol. The van der Waals surface area contributed by atoms with Gasteiger partial charge in [-0.1, -0.05) is 30.3 Å². The highest BCUT2D eigenvalue weighted by Crippen LogP contribution is 2.15. The fourth-order valence-corrected chi connectivity index (χ4v) is 3.51. The van der Waals surface area contributed by atoms with Gasteiger partial charge in [-0.3, -0.25) is 14.7 Å². The van der Waals surface area contributed by atoms with Gasteiger partial charge in [-0.25, -0.2) is 4.68 Å². The van der Waals surface area contributed by atoms with Crippen LogP contribution in [0.3, 0.4) is 0 Å². The molecule has 0 spiro atoms. The van der Waals surface area contributed by atoms with E-state index >= 15 is 0 Å². The van der Waals surface area contributed by atoms with Gasteiger partial charge in [0.2, 0.25) is 0 Å². The van der Waals surface area contributed by atoms with Gasteiger partial charge < -0.3 is 14.4 Å². The van der Waals surface area contributed by atoms with Crippen LogP contribution in [0.25, 0.3) is 17.5 Å². The van der Waals surface area contributed by atoms with Gasteiger partial charge in [-0.15, -0.1) is 0 Å². The molecule has 0 unspecified atom stereocenters. The molecule has 0 aliphatic heterocycles. The summed E-state index contributed by atoms with van der Waals surface area (Å²) in [6, 6.07) is 17.2. The molecular formula is C26H31N3O4. The van der Waals surface area contributed by atoms with Crippen molar-refractivity contribution in [1.82, 2.24) is 14.7 Å². The van der Waals surface area contributed by atoms with Crippen molar-refractivity contribution in [3.8, 4) is 11.4 Å². The van der Waals surface area contributed by atoms with E-state index in [-0.39, 0.29) is 5.56 Å². The molecule has 1 N–H and O–H groups in total. The van der Waals surface area contributed by atoms with E-state index < -0.39 is 0 Å². The Bertz CT molecular complexity index is 1210. The van der Waals surface area contributed by atoms with E-state index in [0.717, 1.165) is 24.2 Å². The third-order valence-corrected chi connectivity index (χ3v) is 5.42. The van der Waals surface area contributed by atoms with Crippen LogP contribution >= 0.6 is 0 Å². The largest absolute Gasteiger partial charge is 0.489 e. The molecular weight excluding hydrogens is 418 g/mol. The first-order valence-corrected chi connectivity index (χ1v) is 11.1. The number of H-pyrrole nitrogens is 1. The highest BCUT2D eigenvalue weighted by molar-refractivity contribution is 5.85. The predicted octanol–water partition coefficient (Wildman–Crippen LogP) is 2.21. The summed E-state index contributed by atoms with van der Waals surface area (Å²) in [5.74, 6) is 0.707. The zero-order chi connectivity index (χ0) is 23.6. The quantitative estimate of drug-likeness (QED) is 0.359. The third-order valence-electron chi connectivity index (χ3n) is 5.42. The molecule has 0 saturated heterocycles. The summed E-state index contributed by atoms with van der Waals surface area (Å²) >= 11 is 0. The number of aldehydes is 1. The molecule has 1 heterocycles. The number of carbonyl (C=O) groups excluding carboxylic acids is 1. The van der Waals surface area contributed by atoms with E-state index in [1.54, 1.807) is 0 Å². The van der Waals surface area contributed by atoms with E-state index in [1.807, 2.05) is 80.4 Å². The SMILES string of the molecule is CCOCCCN(C)/C(C)=c1/c(=O)n(-c2ccc(OCc3ccccc3)cc2)[nH]/c1=C/C=O. The number of nitrogens with one attached hydrogen (secondary N) is 1. The van der Waals surface area contributed by atoms with Crippen molar-refractivity contribution in [2.24, 2.45) is 0 Å². The Morgan fingerprint density at radius 2 is 1.85 bits per heavy atom. The molecule has 2 aromatic carbocycles. The minimum atomic E-state index is -0.213. The maximum Gasteiger partial charge on any atom is 0.280 e. The molecule has 174 valence electrons. The van der Waals surface area contributed by atoms with Crippen molar-refractivity contribution in [1.29, 1.82) is 0 Å². The molecule has 0 atom stereocenters. The summed E-state index contributed by atoms with van der Waals surface area (Å²) in [5.41, 5.74) is 2.32. The third kappa shape index (κ3) is 6.23. The summed E-state index contributed by atoms with van der Waals surface area (Å²) in [6.07, 6.45) is 2.90. The second kappa shape index (κ2) is 11.9. The van der Waals surface area contributed by atoms with Crippen LogP contribution < -0.4 is 20.9 Å². The van der Waals surface area contributed by atoms with Gasteiger partial charge in [0.05, 0.1) is 16.3 Å². The Hall–Kier alpha value is -3.58. The van der Waals surface area contributed by atoms with Crippen LogP contribution in [0.2, 0.25) is 0 Å². The number of ether oxygens (including phenoxy) is 2. The molecule has 7 heteroatoms. The van der Waals surface area contributed by atoms with Crippen LogP contribution in [0.5, 0.6) is 5.75 Å². The average molecular weight is 450 g/mol. The number of rotatable bonds is 11. The summed E-state index contributed by atoms with van der Waals surface area (Å²) in [4.78, 5) is 26.5. The van der Waals surface area contributed by atoms with Crippen molar-refractivity contribution in [2.75, 3.05) is 26.8 Å². The second-order valence-electron chi connectivity index (χ2n) is 7.67. The molecule has 0 aliphatic rings. The van der Waals surface area contributed by atoms with Crippen LogP contribution in [-0.2, 0) is 16.1 Å². The van der Waals surface area contributed by atoms with Crippen LogP contribution in [0.1, 0.15) is 25.8 Å². The van der Waals surface area contributed by atoms with Crippen molar-refractivity contribution in [3.05, 3.63) is 81.1 Å². The Labute approximate surface area is 193 Å². The highest BCUT2D eigenvalue weighted by atomic mass is 16.5. The van der Waals surface area contributed by atoms with E-state index in [0.29, 0.717) is 48.1 Å². The fraction of sp³-hybridized carbons (Fsp3) is 0.308. The fourth-order valence-electron chi connectivity index (χ4n) is 3.51. The van der Waals surface area contributed by atoms with Gasteiger partial charge in [0.15, 0.2) is 0 Å². The number of nitrogens with zero attached hydrogens (tertiary/aromatic N) is 2. The molecule has 3 rings (SSSR count). The maximum absolute atomic E-state index is 13.3. The molecule has 0 amide bonds. The molecule has 0 fully saturated rings. The van der Waals surface area contributed by atoms with Crippen LogP contribution in [-0.4, -0.2) is 47.8 Å². The standard InChI is InChI=1S/C26H31N3O4/c1-4-32-18-8-16-28(3)20(2)25-24(15-17-30)27-29(26(25)31)22-11-13-23(14-12-22)33-19-21-9-6-5-7-10-21/h5-7,9-15,17,27H,4,8,16,18-19H2,1-3H3/b24-15+,25-20+. The summed E-state index contributed by atoms with van der Waals surface area (Å²) in [5, 5.41) is 4.02. The Kier molecular flexibility index (Phi) is 8.66. The van der Waals surface area contributed by atoms with Crippen LogP contribution in [0.15, 0.2) is 59.4 Å². The molecule has 7 nitrogen and oxygen atoms in total. The molecule has 1 aromatic heterocycles. The minimum absolute atomic E-state index is 0.213. The molecule has 0 radical (unpaired) electrons. The summed E-state index contributed by atoms with van der Waals surface area (Å²) in [6.45, 7) is 6.41. The van der Waals surface area contributed by atoms with E-state index in [4.69, 9.17) is 9.47 Å². The maximum atomic E-state index is 13.3. The molecule has 33 heavy (non-hydrogen) atoms. The first kappa shape index (κ1) is 24.1. The topological polar surface area (TPSA) is 76.6 Å². The van der Waals surface area contributed by atoms with Crippen molar-refractivity contribution >= 4 is 18.1 Å². The number of hydrogen-bond acceptors (Lipinski definition) is 5. The summed E-state index contributed by atoms with van der Waals surface area (Å²) < 4.78 is 12.7. The molecule has 0 saturated carbocycles. The lowest BCUT2D eigenvalue weighted by atomic mass is 10.2. The number of carbonyl (C=O) groups is 1. The zero-order valence-corrected chi connectivity index (χ0v) is 19.4. The molecule has 0 bridgehead atoms. The van der Waals surface area contributed by atoms with Gasteiger partial charge >= 0.3 is 0 Å². The first-order chi connectivity index (χ1) is 16.0. The van der Waals surface area contributed by atoms with Gasteiger partial charge in [0.1, 0.15) is 18.6 Å². The van der Waals surface area contributed by atoms with Gasteiger partial charge in [-0.05, 0) is 50.1 Å². The monoisotopic (exact) mass is 449 g/mol. The second-order valence-corrected chi connectivity index (χ2v) is 7.67. The zero-order valence-electron chi connectivity index (χ0n) is 19.4. The highest BCUT2D eigenvalue weighted by Gasteiger charge is 2.11. The number of aromatic nitrogens is 2. The molecule has 0 aliphatic carbocycles. The van der Waals surface area contributed by atoms with E-state index in [2.05, 4.69) is 5.10 Å². The van der Waals surface area contributed by atoms with Crippen molar-refractivity contribution in [3.63, 3.8) is 0 Å². The smallest absolute Gasteiger partial charge is 0.280 e. The Morgan fingerprint density at radius 3 is 2.52 bits per heavy atom. The number of aromatic amines is 1. The molecule has 3 aromatic rings. The van der Waals surface area contributed by atoms with E-state index in [1.165, 1.54) is 10.8 Å². The van der Waals surface area contributed by atoms with Crippen LogP contribution in [0.4, 0.5) is 0 Å². The van der Waals surface area contributed by atoms with Gasteiger partial charge in [0, 0.05) is 38.6 Å². The lowest BCUT2D eigenvalue weighted by Gasteiger charge is -2.19. The lowest BCUT2D eigenvalue weighted by Crippen LogP contribution is -2.40. The Morgan fingerprint density at radius 1 is 1.12 bits per heavy atom. The first-order valence-electron chi connectivity index (χ1n) is 11.1. The van der Waals surface area contributed by atoms with Crippen LogP contribution in [0, 0.1) is 0 Å². The Balaban J connectivity index is 1.86. The normalized spacial score (nSPS) is 12.5. The lowest BCUT2D eigenvalue weighted by molar-refractivity contribution is -0.103. The van der Waals surface area contributed by atoms with Crippen molar-refractivity contribution in [2.45, 2.75) is 26.9 Å². The van der Waals surface area contributed by atoms with Gasteiger partial charge in [-0.2, -0.15) is 0 Å². The van der Waals surface area contributed by atoms with E-state index in [9.17, 15) is 9.59 Å². The minimum Gasteiger partial charge on any atom is -0.489 e. The average Bonchev–Trinajstić information content (AvgIpc) is 3.16. The van der Waals surface area contributed by atoms with Gasteiger partial charge in [0.25, 0.3) is 5.56 Å². The summed E-state index contributed by atoms with van der Waals surface area (Å²) in [7, 11) is 1.93. The number of hydrogen-bond donors (Lipinski definition) is 1.